The Bertz CT molecular complexity index is 427. The maximum atomic E-state index is 11.2. The molecule has 20 heavy (non-hydrogen) atoms. The minimum atomic E-state index is -0.394. The average Bonchev–Trinajstić information content (AvgIpc) is 2.43. The Morgan fingerprint density at radius 3 is 2.40 bits per heavy atom. The van der Waals surface area contributed by atoms with Crippen LogP contribution in [-0.2, 0) is 14.3 Å². The highest BCUT2D eigenvalue weighted by Crippen LogP contribution is 2.11. The van der Waals surface area contributed by atoms with E-state index in [1.807, 2.05) is 44.2 Å². The van der Waals surface area contributed by atoms with Crippen molar-refractivity contribution >= 4 is 5.97 Å². The van der Waals surface area contributed by atoms with Crippen molar-refractivity contribution in [2.75, 3.05) is 13.2 Å². The Kier molecular flexibility index (Phi) is 6.81. The zero-order valence-electron chi connectivity index (χ0n) is 12.3. The fourth-order valence-electron chi connectivity index (χ4n) is 1.43. The highest BCUT2D eigenvalue weighted by atomic mass is 16.6. The number of para-hydroxylation sites is 1. The molecule has 0 spiro atoms. The lowest BCUT2D eigenvalue weighted by Crippen LogP contribution is -2.26. The molecular formula is C16H22O4. The number of benzene rings is 1. The monoisotopic (exact) mass is 278 g/mol. The van der Waals surface area contributed by atoms with E-state index in [0.717, 1.165) is 5.75 Å². The van der Waals surface area contributed by atoms with Gasteiger partial charge in [-0.05, 0) is 32.9 Å². The summed E-state index contributed by atoms with van der Waals surface area (Å²) in [6.07, 6.45) is -0.253. The Labute approximate surface area is 120 Å². The molecule has 0 heterocycles. The summed E-state index contributed by atoms with van der Waals surface area (Å²) in [7, 11) is 0. The van der Waals surface area contributed by atoms with Crippen LogP contribution in [0.4, 0.5) is 0 Å². The molecule has 1 rings (SSSR count). The molecule has 0 radical (unpaired) electrons. The van der Waals surface area contributed by atoms with Crippen LogP contribution in [0.1, 0.15) is 20.8 Å². The van der Waals surface area contributed by atoms with Gasteiger partial charge in [0.05, 0.1) is 12.7 Å². The van der Waals surface area contributed by atoms with Gasteiger partial charge < -0.3 is 14.2 Å². The first-order valence-corrected chi connectivity index (χ1v) is 6.65. The normalized spacial score (nSPS) is 13.3. The molecule has 1 aromatic carbocycles. The number of esters is 1. The molecule has 0 N–H and O–H groups in total. The first-order valence-electron chi connectivity index (χ1n) is 6.65. The van der Waals surface area contributed by atoms with Crippen LogP contribution < -0.4 is 4.74 Å². The summed E-state index contributed by atoms with van der Waals surface area (Å²) in [5.41, 5.74) is 0.387. The molecule has 0 aliphatic carbocycles. The second-order valence-corrected chi connectivity index (χ2v) is 4.76. The summed E-state index contributed by atoms with van der Waals surface area (Å²) in [6, 6.07) is 9.57. The van der Waals surface area contributed by atoms with Crippen molar-refractivity contribution in [3.8, 4) is 5.75 Å². The topological polar surface area (TPSA) is 44.8 Å². The summed E-state index contributed by atoms with van der Waals surface area (Å²) in [4.78, 5) is 11.2. The van der Waals surface area contributed by atoms with Gasteiger partial charge in [0.2, 0.25) is 0 Å². The molecule has 4 heteroatoms. The third-order valence-corrected chi connectivity index (χ3v) is 2.49. The molecule has 4 nitrogen and oxygen atoms in total. The zero-order chi connectivity index (χ0) is 15.0. The Hall–Kier alpha value is -1.81. The van der Waals surface area contributed by atoms with E-state index in [-0.39, 0.29) is 18.8 Å². The van der Waals surface area contributed by atoms with E-state index in [1.54, 1.807) is 6.92 Å². The molecule has 1 aromatic rings. The Balaban J connectivity index is 2.22. The van der Waals surface area contributed by atoms with E-state index in [2.05, 4.69) is 6.58 Å². The molecular weight excluding hydrogens is 256 g/mol. The summed E-state index contributed by atoms with van der Waals surface area (Å²) in [5.74, 6) is 0.416. The van der Waals surface area contributed by atoms with Crippen LogP contribution in [0, 0.1) is 0 Å². The SMILES string of the molecule is C=C(C)C(=O)OCC(C)OCC(C)Oc1ccccc1. The number of carbonyl (C=O) groups is 1. The van der Waals surface area contributed by atoms with Crippen LogP contribution in [0.5, 0.6) is 5.75 Å². The molecule has 0 saturated heterocycles. The van der Waals surface area contributed by atoms with E-state index in [9.17, 15) is 4.79 Å². The van der Waals surface area contributed by atoms with Gasteiger partial charge in [0, 0.05) is 5.57 Å². The van der Waals surface area contributed by atoms with Crippen molar-refractivity contribution in [1.82, 2.24) is 0 Å². The molecule has 0 bridgehead atoms. The largest absolute Gasteiger partial charge is 0.488 e. The summed E-state index contributed by atoms with van der Waals surface area (Å²) in [5, 5.41) is 0. The quantitative estimate of drug-likeness (QED) is 0.541. The number of hydrogen-bond acceptors (Lipinski definition) is 4. The predicted molar refractivity (Wildman–Crippen MR) is 77.7 cm³/mol. The smallest absolute Gasteiger partial charge is 0.333 e. The number of ether oxygens (including phenoxy) is 3. The third-order valence-electron chi connectivity index (χ3n) is 2.49. The second-order valence-electron chi connectivity index (χ2n) is 4.76. The highest BCUT2D eigenvalue weighted by Gasteiger charge is 2.11. The van der Waals surface area contributed by atoms with Crippen LogP contribution in [0.3, 0.4) is 0 Å². The summed E-state index contributed by atoms with van der Waals surface area (Å²) >= 11 is 0. The van der Waals surface area contributed by atoms with E-state index < -0.39 is 5.97 Å². The molecule has 0 aliphatic heterocycles. The van der Waals surface area contributed by atoms with Crippen molar-refractivity contribution < 1.29 is 19.0 Å². The fourth-order valence-corrected chi connectivity index (χ4v) is 1.43. The predicted octanol–water partition coefficient (Wildman–Crippen LogP) is 2.98. The van der Waals surface area contributed by atoms with Gasteiger partial charge in [0.1, 0.15) is 18.5 Å². The zero-order valence-corrected chi connectivity index (χ0v) is 12.3. The molecule has 0 amide bonds. The Morgan fingerprint density at radius 1 is 1.15 bits per heavy atom. The van der Waals surface area contributed by atoms with Crippen LogP contribution in [-0.4, -0.2) is 31.4 Å². The van der Waals surface area contributed by atoms with Crippen molar-refractivity contribution in [2.24, 2.45) is 0 Å². The van der Waals surface area contributed by atoms with Gasteiger partial charge >= 0.3 is 5.97 Å². The summed E-state index contributed by atoms with van der Waals surface area (Å²) in [6.45, 7) is 9.56. The number of carbonyl (C=O) groups excluding carboxylic acids is 1. The van der Waals surface area contributed by atoms with Gasteiger partial charge in [-0.3, -0.25) is 0 Å². The van der Waals surface area contributed by atoms with Crippen LogP contribution >= 0.6 is 0 Å². The van der Waals surface area contributed by atoms with E-state index in [4.69, 9.17) is 14.2 Å². The first kappa shape index (κ1) is 16.2. The fraction of sp³-hybridized carbons (Fsp3) is 0.438. The molecule has 2 atom stereocenters. The first-order chi connectivity index (χ1) is 9.49. The number of rotatable bonds is 8. The van der Waals surface area contributed by atoms with Crippen molar-refractivity contribution in [3.05, 3.63) is 42.5 Å². The molecule has 2 unspecified atom stereocenters. The van der Waals surface area contributed by atoms with Crippen LogP contribution in [0.15, 0.2) is 42.5 Å². The maximum Gasteiger partial charge on any atom is 0.333 e. The van der Waals surface area contributed by atoms with Gasteiger partial charge in [-0.25, -0.2) is 4.79 Å². The lowest BCUT2D eigenvalue weighted by molar-refractivity contribution is -0.143. The molecule has 0 fully saturated rings. The van der Waals surface area contributed by atoms with Gasteiger partial charge in [-0.1, -0.05) is 24.8 Å². The van der Waals surface area contributed by atoms with Gasteiger partial charge in [-0.15, -0.1) is 0 Å². The minimum Gasteiger partial charge on any atom is -0.488 e. The van der Waals surface area contributed by atoms with E-state index >= 15 is 0 Å². The standard InChI is InChI=1S/C16H22O4/c1-12(2)16(17)19-10-13(3)18-11-14(4)20-15-8-6-5-7-9-15/h5-9,13-14H,1,10-11H2,2-4H3. The van der Waals surface area contributed by atoms with E-state index in [0.29, 0.717) is 12.2 Å². The van der Waals surface area contributed by atoms with Crippen molar-refractivity contribution in [2.45, 2.75) is 33.0 Å². The second kappa shape index (κ2) is 8.38. The lowest BCUT2D eigenvalue weighted by atomic mass is 10.3. The van der Waals surface area contributed by atoms with Crippen molar-refractivity contribution in [3.63, 3.8) is 0 Å². The van der Waals surface area contributed by atoms with Crippen LogP contribution in [0.25, 0.3) is 0 Å². The Morgan fingerprint density at radius 2 is 1.80 bits per heavy atom. The van der Waals surface area contributed by atoms with Crippen LogP contribution in [0.2, 0.25) is 0 Å². The molecule has 0 aliphatic rings. The van der Waals surface area contributed by atoms with Gasteiger partial charge in [0.25, 0.3) is 0 Å². The minimum absolute atomic E-state index is 0.0725. The number of hydrogen-bond donors (Lipinski definition) is 0. The van der Waals surface area contributed by atoms with Gasteiger partial charge in [-0.2, -0.15) is 0 Å². The highest BCUT2D eigenvalue weighted by molar-refractivity contribution is 5.86. The van der Waals surface area contributed by atoms with Gasteiger partial charge in [0.15, 0.2) is 0 Å². The maximum absolute atomic E-state index is 11.2. The molecule has 0 saturated carbocycles. The third kappa shape index (κ3) is 6.38. The summed E-state index contributed by atoms with van der Waals surface area (Å²) < 4.78 is 16.3. The average molecular weight is 278 g/mol. The van der Waals surface area contributed by atoms with E-state index in [1.165, 1.54) is 0 Å². The molecule has 0 aromatic heterocycles. The van der Waals surface area contributed by atoms with Crippen molar-refractivity contribution in [1.29, 1.82) is 0 Å². The molecule has 110 valence electrons. The lowest BCUT2D eigenvalue weighted by Gasteiger charge is -2.18.